The van der Waals surface area contributed by atoms with E-state index in [4.69, 9.17) is 0 Å². The number of benzene rings is 1. The molecule has 2 rings (SSSR count). The lowest BCUT2D eigenvalue weighted by Gasteiger charge is -2.31. The zero-order valence-corrected chi connectivity index (χ0v) is 13.0. The summed E-state index contributed by atoms with van der Waals surface area (Å²) >= 11 is 3.64. The topological polar surface area (TPSA) is 12.0 Å². The van der Waals surface area contributed by atoms with Crippen LogP contribution in [-0.2, 0) is 0 Å². The quantitative estimate of drug-likeness (QED) is 0.819. The van der Waals surface area contributed by atoms with E-state index in [2.05, 4.69) is 59.4 Å². The molecule has 1 aromatic carbocycles. The summed E-state index contributed by atoms with van der Waals surface area (Å²) in [6.07, 6.45) is 7.07. The number of hydrogen-bond acceptors (Lipinski definition) is 1. The molecule has 0 spiro atoms. The molecule has 1 saturated carbocycles. The number of rotatable bonds is 4. The molecule has 0 aromatic heterocycles. The SMILES string of the molecule is CC(N[C@H](C)c1ccccc1Br)C1CCCCC1. The molecular weight excluding hydrogens is 286 g/mol. The van der Waals surface area contributed by atoms with Gasteiger partial charge in [0.25, 0.3) is 0 Å². The monoisotopic (exact) mass is 309 g/mol. The summed E-state index contributed by atoms with van der Waals surface area (Å²) in [7, 11) is 0. The van der Waals surface area contributed by atoms with E-state index in [0.29, 0.717) is 12.1 Å². The second-order valence-electron chi connectivity index (χ2n) is 5.60. The highest BCUT2D eigenvalue weighted by Gasteiger charge is 2.21. The van der Waals surface area contributed by atoms with Crippen LogP contribution in [0.25, 0.3) is 0 Å². The van der Waals surface area contributed by atoms with E-state index in [1.54, 1.807) is 0 Å². The summed E-state index contributed by atoms with van der Waals surface area (Å²) in [5.41, 5.74) is 1.36. The maximum absolute atomic E-state index is 3.78. The van der Waals surface area contributed by atoms with Crippen molar-refractivity contribution in [3.63, 3.8) is 0 Å². The molecule has 1 nitrogen and oxygen atoms in total. The molecule has 18 heavy (non-hydrogen) atoms. The maximum atomic E-state index is 3.78. The van der Waals surface area contributed by atoms with E-state index in [9.17, 15) is 0 Å². The van der Waals surface area contributed by atoms with Gasteiger partial charge in [-0.2, -0.15) is 0 Å². The van der Waals surface area contributed by atoms with Crippen LogP contribution in [0.1, 0.15) is 57.6 Å². The standard InChI is InChI=1S/C16H24BrN/c1-12(14-8-4-3-5-9-14)18-13(2)15-10-6-7-11-16(15)17/h6-7,10-14,18H,3-5,8-9H2,1-2H3/t12?,13-/m1/s1. The lowest BCUT2D eigenvalue weighted by atomic mass is 9.84. The Balaban J connectivity index is 1.94. The Morgan fingerprint density at radius 1 is 1.11 bits per heavy atom. The van der Waals surface area contributed by atoms with Crippen molar-refractivity contribution in [1.82, 2.24) is 5.32 Å². The Hall–Kier alpha value is -0.340. The molecule has 0 radical (unpaired) electrons. The van der Waals surface area contributed by atoms with E-state index >= 15 is 0 Å². The zero-order valence-electron chi connectivity index (χ0n) is 11.5. The molecule has 2 atom stereocenters. The highest BCUT2D eigenvalue weighted by molar-refractivity contribution is 9.10. The third-order valence-corrected chi connectivity index (χ3v) is 4.96. The van der Waals surface area contributed by atoms with Crippen molar-refractivity contribution >= 4 is 15.9 Å². The molecule has 0 bridgehead atoms. The maximum Gasteiger partial charge on any atom is 0.0305 e. The third-order valence-electron chi connectivity index (χ3n) is 4.24. The highest BCUT2D eigenvalue weighted by atomic mass is 79.9. The third kappa shape index (κ3) is 3.58. The highest BCUT2D eigenvalue weighted by Crippen LogP contribution is 2.29. The Kier molecular flexibility index (Phi) is 5.25. The molecule has 1 fully saturated rings. The summed E-state index contributed by atoms with van der Waals surface area (Å²) in [5.74, 6) is 0.865. The fraction of sp³-hybridized carbons (Fsp3) is 0.625. The molecule has 2 heteroatoms. The van der Waals surface area contributed by atoms with Gasteiger partial charge in [0.15, 0.2) is 0 Å². The van der Waals surface area contributed by atoms with E-state index in [1.165, 1.54) is 42.1 Å². The first-order valence-electron chi connectivity index (χ1n) is 7.19. The van der Waals surface area contributed by atoms with Crippen molar-refractivity contribution in [3.8, 4) is 0 Å². The molecule has 0 saturated heterocycles. The molecule has 0 amide bonds. The molecule has 0 aliphatic heterocycles. The lowest BCUT2D eigenvalue weighted by Crippen LogP contribution is -2.36. The minimum atomic E-state index is 0.414. The van der Waals surface area contributed by atoms with Gasteiger partial charge in [0.05, 0.1) is 0 Å². The lowest BCUT2D eigenvalue weighted by molar-refractivity contribution is 0.268. The Morgan fingerprint density at radius 2 is 1.78 bits per heavy atom. The van der Waals surface area contributed by atoms with Crippen molar-refractivity contribution in [2.75, 3.05) is 0 Å². The second-order valence-corrected chi connectivity index (χ2v) is 6.45. The smallest absolute Gasteiger partial charge is 0.0305 e. The van der Waals surface area contributed by atoms with Crippen LogP contribution >= 0.6 is 15.9 Å². The fourth-order valence-corrected chi connectivity index (χ4v) is 3.71. The van der Waals surface area contributed by atoms with Crippen molar-refractivity contribution in [2.45, 2.75) is 58.0 Å². The number of halogens is 1. The first-order chi connectivity index (χ1) is 8.68. The van der Waals surface area contributed by atoms with Crippen LogP contribution in [0.5, 0.6) is 0 Å². The van der Waals surface area contributed by atoms with Crippen LogP contribution in [0.2, 0.25) is 0 Å². The van der Waals surface area contributed by atoms with E-state index in [0.717, 1.165) is 5.92 Å². The predicted molar refractivity (Wildman–Crippen MR) is 81.7 cm³/mol. The normalized spacial score (nSPS) is 20.6. The molecule has 1 aliphatic rings. The largest absolute Gasteiger partial charge is 0.307 e. The van der Waals surface area contributed by atoms with Crippen molar-refractivity contribution in [3.05, 3.63) is 34.3 Å². The number of hydrogen-bond donors (Lipinski definition) is 1. The van der Waals surface area contributed by atoms with Crippen LogP contribution in [0.3, 0.4) is 0 Å². The van der Waals surface area contributed by atoms with Gasteiger partial charge in [0.1, 0.15) is 0 Å². The van der Waals surface area contributed by atoms with Gasteiger partial charge >= 0.3 is 0 Å². The summed E-state index contributed by atoms with van der Waals surface area (Å²) in [4.78, 5) is 0. The number of nitrogens with one attached hydrogen (secondary N) is 1. The van der Waals surface area contributed by atoms with Gasteiger partial charge in [0, 0.05) is 16.6 Å². The van der Waals surface area contributed by atoms with E-state index < -0.39 is 0 Å². The van der Waals surface area contributed by atoms with Crippen LogP contribution in [0, 0.1) is 5.92 Å². The van der Waals surface area contributed by atoms with Gasteiger partial charge in [0.2, 0.25) is 0 Å². The molecule has 1 N–H and O–H groups in total. The van der Waals surface area contributed by atoms with Gasteiger partial charge in [-0.3, -0.25) is 0 Å². The fourth-order valence-electron chi connectivity index (χ4n) is 3.08. The van der Waals surface area contributed by atoms with Crippen molar-refractivity contribution in [1.29, 1.82) is 0 Å². The Bertz CT molecular complexity index is 371. The van der Waals surface area contributed by atoms with Crippen molar-refractivity contribution in [2.24, 2.45) is 5.92 Å². The van der Waals surface area contributed by atoms with Crippen LogP contribution < -0.4 is 5.32 Å². The predicted octanol–water partition coefficient (Wildman–Crippen LogP) is 5.07. The average Bonchev–Trinajstić information content (AvgIpc) is 2.40. The molecule has 1 unspecified atom stereocenters. The van der Waals surface area contributed by atoms with Crippen LogP contribution in [-0.4, -0.2) is 6.04 Å². The minimum absolute atomic E-state index is 0.414. The second kappa shape index (κ2) is 6.72. The van der Waals surface area contributed by atoms with E-state index in [-0.39, 0.29) is 0 Å². The van der Waals surface area contributed by atoms with Crippen LogP contribution in [0.15, 0.2) is 28.7 Å². The van der Waals surface area contributed by atoms with E-state index in [1.807, 2.05) is 0 Å². The summed E-state index contributed by atoms with van der Waals surface area (Å²) in [5, 5.41) is 3.78. The zero-order chi connectivity index (χ0) is 13.0. The van der Waals surface area contributed by atoms with Gasteiger partial charge in [-0.1, -0.05) is 53.4 Å². The summed E-state index contributed by atoms with van der Waals surface area (Å²) in [6.45, 7) is 4.61. The molecular formula is C16H24BrN. The van der Waals surface area contributed by atoms with Gasteiger partial charge in [-0.05, 0) is 44.2 Å². The van der Waals surface area contributed by atoms with Gasteiger partial charge in [-0.15, -0.1) is 0 Å². The summed E-state index contributed by atoms with van der Waals surface area (Å²) in [6, 6.07) is 9.55. The Morgan fingerprint density at radius 3 is 2.44 bits per heavy atom. The van der Waals surface area contributed by atoms with Crippen LogP contribution in [0.4, 0.5) is 0 Å². The summed E-state index contributed by atoms with van der Waals surface area (Å²) < 4.78 is 1.21. The first kappa shape index (κ1) is 14.1. The Labute approximate surface area is 119 Å². The van der Waals surface area contributed by atoms with Crippen molar-refractivity contribution < 1.29 is 0 Å². The average molecular weight is 310 g/mol. The van der Waals surface area contributed by atoms with Gasteiger partial charge < -0.3 is 5.32 Å². The van der Waals surface area contributed by atoms with Gasteiger partial charge in [-0.25, -0.2) is 0 Å². The molecule has 100 valence electrons. The molecule has 1 aliphatic carbocycles. The first-order valence-corrected chi connectivity index (χ1v) is 7.98. The molecule has 1 aromatic rings. The minimum Gasteiger partial charge on any atom is -0.307 e. The molecule has 0 heterocycles.